The van der Waals surface area contributed by atoms with Gasteiger partial charge in [-0.1, -0.05) is 0 Å². The van der Waals surface area contributed by atoms with Crippen molar-refractivity contribution in [3.8, 4) is 17.2 Å². The molecular formula is C21H27N3O6S. The Balaban J connectivity index is 2.14. The number of rotatable bonds is 10. The van der Waals surface area contributed by atoms with Gasteiger partial charge < -0.3 is 14.2 Å². The molecule has 0 aliphatic carbocycles. The van der Waals surface area contributed by atoms with Gasteiger partial charge in [-0.25, -0.2) is 13.8 Å². The smallest absolute Gasteiger partial charge is 0.260 e. The Labute approximate surface area is 182 Å². The number of carbonyl (C=O) groups is 1. The van der Waals surface area contributed by atoms with E-state index in [0.717, 1.165) is 10.6 Å². The zero-order chi connectivity index (χ0) is 23.0. The zero-order valence-electron chi connectivity index (χ0n) is 18.2. The van der Waals surface area contributed by atoms with Crippen molar-refractivity contribution in [3.63, 3.8) is 0 Å². The van der Waals surface area contributed by atoms with Crippen LogP contribution in [0.4, 0.5) is 5.69 Å². The summed E-state index contributed by atoms with van der Waals surface area (Å²) in [4.78, 5) is 12.4. The lowest BCUT2D eigenvalue weighted by Crippen LogP contribution is -2.39. The lowest BCUT2D eigenvalue weighted by Gasteiger charge is -2.21. The van der Waals surface area contributed by atoms with Crippen molar-refractivity contribution in [2.24, 2.45) is 5.10 Å². The average molecular weight is 450 g/mol. The predicted octanol–water partition coefficient (Wildman–Crippen LogP) is 2.41. The summed E-state index contributed by atoms with van der Waals surface area (Å²) in [5.74, 6) is 1.13. The largest absolute Gasteiger partial charge is 0.494 e. The predicted molar refractivity (Wildman–Crippen MR) is 120 cm³/mol. The molecule has 0 fully saturated rings. The molecule has 2 rings (SSSR count). The molecule has 0 saturated carbocycles. The number of nitrogens with one attached hydrogen (secondary N) is 1. The topological polar surface area (TPSA) is 107 Å². The molecule has 1 N–H and O–H groups in total. The normalized spacial score (nSPS) is 11.6. The van der Waals surface area contributed by atoms with Gasteiger partial charge in [-0.2, -0.15) is 5.10 Å². The van der Waals surface area contributed by atoms with Crippen molar-refractivity contribution >= 4 is 27.3 Å². The lowest BCUT2D eigenvalue weighted by molar-refractivity contribution is -0.119. The molecular weight excluding hydrogens is 422 g/mol. The molecule has 0 spiro atoms. The summed E-state index contributed by atoms with van der Waals surface area (Å²) in [5.41, 5.74) is 3.97. The Morgan fingerprint density at radius 2 is 1.71 bits per heavy atom. The van der Waals surface area contributed by atoms with Gasteiger partial charge in [-0.3, -0.25) is 9.10 Å². The quantitative estimate of drug-likeness (QED) is 0.441. The van der Waals surface area contributed by atoms with Gasteiger partial charge in [0.2, 0.25) is 10.0 Å². The minimum atomic E-state index is -3.69. The molecule has 0 saturated heterocycles. The number of nitrogens with zero attached hydrogens (tertiary/aromatic N) is 2. The first kappa shape index (κ1) is 24.0. The number of methoxy groups -OCH3 is 2. The SMILES string of the molecule is CCOc1ccc(N(CC(=O)N/N=C(/C)c2ccc(OC)c(OC)c2)S(C)(=O)=O)cc1. The second-order valence-electron chi connectivity index (χ2n) is 6.50. The zero-order valence-corrected chi connectivity index (χ0v) is 19.0. The summed E-state index contributed by atoms with van der Waals surface area (Å²) < 4.78 is 41.3. The van der Waals surface area contributed by atoms with E-state index in [0.29, 0.717) is 40.8 Å². The van der Waals surface area contributed by atoms with Crippen LogP contribution in [0.1, 0.15) is 19.4 Å². The van der Waals surface area contributed by atoms with Gasteiger partial charge in [0.05, 0.1) is 38.5 Å². The number of ether oxygens (including phenoxy) is 3. The van der Waals surface area contributed by atoms with Gasteiger partial charge in [0.15, 0.2) is 11.5 Å². The Morgan fingerprint density at radius 3 is 2.26 bits per heavy atom. The number of amides is 1. The highest BCUT2D eigenvalue weighted by Gasteiger charge is 2.21. The maximum Gasteiger partial charge on any atom is 0.260 e. The molecule has 0 aromatic heterocycles. The summed E-state index contributed by atoms with van der Waals surface area (Å²) in [6.07, 6.45) is 1.04. The molecule has 31 heavy (non-hydrogen) atoms. The average Bonchev–Trinajstić information content (AvgIpc) is 2.75. The van der Waals surface area contributed by atoms with Crippen molar-refractivity contribution in [2.45, 2.75) is 13.8 Å². The standard InChI is InChI=1S/C21H27N3O6S/c1-6-30-18-10-8-17(9-11-18)24(31(5,26)27)14-21(25)23-22-15(2)16-7-12-19(28-3)20(13-16)29-4/h7-13H,6,14H2,1-5H3,(H,23,25)/b22-15-. The fourth-order valence-corrected chi connectivity index (χ4v) is 3.57. The maximum absolute atomic E-state index is 12.4. The number of benzene rings is 2. The van der Waals surface area contributed by atoms with E-state index >= 15 is 0 Å². The number of sulfonamides is 1. The van der Waals surface area contributed by atoms with E-state index in [1.54, 1.807) is 49.4 Å². The highest BCUT2D eigenvalue weighted by atomic mass is 32.2. The Hall–Kier alpha value is -3.27. The van der Waals surface area contributed by atoms with Gasteiger partial charge in [0, 0.05) is 5.56 Å². The van der Waals surface area contributed by atoms with Gasteiger partial charge in [-0.15, -0.1) is 0 Å². The Kier molecular flexibility index (Phi) is 8.26. The molecule has 0 atom stereocenters. The van der Waals surface area contributed by atoms with E-state index in [1.807, 2.05) is 6.92 Å². The fourth-order valence-electron chi connectivity index (χ4n) is 2.71. The monoisotopic (exact) mass is 449 g/mol. The molecule has 0 unspecified atom stereocenters. The van der Waals surface area contributed by atoms with Crippen molar-refractivity contribution in [1.29, 1.82) is 0 Å². The van der Waals surface area contributed by atoms with E-state index < -0.39 is 22.5 Å². The van der Waals surface area contributed by atoms with Crippen LogP contribution in [0.25, 0.3) is 0 Å². The molecule has 0 heterocycles. The second-order valence-corrected chi connectivity index (χ2v) is 8.41. The van der Waals surface area contributed by atoms with E-state index in [1.165, 1.54) is 14.2 Å². The fraction of sp³-hybridized carbons (Fsp3) is 0.333. The van der Waals surface area contributed by atoms with Crippen LogP contribution in [0.3, 0.4) is 0 Å². The lowest BCUT2D eigenvalue weighted by atomic mass is 10.1. The first-order valence-corrected chi connectivity index (χ1v) is 11.3. The van der Waals surface area contributed by atoms with Crippen molar-refractivity contribution in [3.05, 3.63) is 48.0 Å². The molecule has 2 aromatic carbocycles. The molecule has 9 nitrogen and oxygen atoms in total. The molecule has 168 valence electrons. The Morgan fingerprint density at radius 1 is 1.06 bits per heavy atom. The van der Waals surface area contributed by atoms with Crippen LogP contribution < -0.4 is 23.9 Å². The molecule has 0 bridgehead atoms. The van der Waals surface area contributed by atoms with Gasteiger partial charge in [0.25, 0.3) is 5.91 Å². The second kappa shape index (κ2) is 10.7. The summed E-state index contributed by atoms with van der Waals surface area (Å²) in [6.45, 7) is 3.64. The number of carbonyl (C=O) groups excluding carboxylic acids is 1. The van der Waals surface area contributed by atoms with Gasteiger partial charge in [-0.05, 0) is 56.3 Å². The minimum absolute atomic E-state index is 0.349. The van der Waals surface area contributed by atoms with Crippen molar-refractivity contribution in [1.82, 2.24) is 5.43 Å². The van der Waals surface area contributed by atoms with Gasteiger partial charge in [0.1, 0.15) is 12.3 Å². The number of anilines is 1. The third-order valence-electron chi connectivity index (χ3n) is 4.27. The van der Waals surface area contributed by atoms with E-state index in [4.69, 9.17) is 14.2 Å². The van der Waals surface area contributed by atoms with Crippen LogP contribution in [-0.4, -0.2) is 53.7 Å². The van der Waals surface area contributed by atoms with E-state index in [9.17, 15) is 13.2 Å². The van der Waals surface area contributed by atoms with Crippen LogP contribution in [-0.2, 0) is 14.8 Å². The van der Waals surface area contributed by atoms with Crippen molar-refractivity contribution in [2.75, 3.05) is 37.9 Å². The van der Waals surface area contributed by atoms with Crippen LogP contribution >= 0.6 is 0 Å². The summed E-state index contributed by atoms with van der Waals surface area (Å²) in [6, 6.07) is 11.7. The highest BCUT2D eigenvalue weighted by Crippen LogP contribution is 2.27. The molecule has 1 amide bonds. The third kappa shape index (κ3) is 6.61. The van der Waals surface area contributed by atoms with Crippen LogP contribution in [0.2, 0.25) is 0 Å². The highest BCUT2D eigenvalue weighted by molar-refractivity contribution is 7.92. The molecule has 0 aliphatic heterocycles. The number of hydrazone groups is 1. The maximum atomic E-state index is 12.4. The summed E-state index contributed by atoms with van der Waals surface area (Å²) in [7, 11) is -0.630. The first-order chi connectivity index (χ1) is 14.7. The van der Waals surface area contributed by atoms with Crippen LogP contribution in [0.5, 0.6) is 17.2 Å². The number of hydrogen-bond acceptors (Lipinski definition) is 7. The van der Waals surface area contributed by atoms with Crippen LogP contribution in [0, 0.1) is 0 Å². The summed E-state index contributed by atoms with van der Waals surface area (Å²) >= 11 is 0. The molecule has 0 radical (unpaired) electrons. The number of hydrogen-bond donors (Lipinski definition) is 1. The first-order valence-electron chi connectivity index (χ1n) is 9.45. The molecule has 2 aromatic rings. The minimum Gasteiger partial charge on any atom is -0.494 e. The summed E-state index contributed by atoms with van der Waals surface area (Å²) in [5, 5.41) is 4.07. The van der Waals surface area contributed by atoms with Crippen LogP contribution in [0.15, 0.2) is 47.6 Å². The van der Waals surface area contributed by atoms with Gasteiger partial charge >= 0.3 is 0 Å². The Bertz CT molecular complexity index is 1040. The van der Waals surface area contributed by atoms with E-state index in [-0.39, 0.29) is 0 Å². The van der Waals surface area contributed by atoms with Crippen molar-refractivity contribution < 1.29 is 27.4 Å². The molecule has 0 aliphatic rings. The molecule has 10 heteroatoms. The van der Waals surface area contributed by atoms with E-state index in [2.05, 4.69) is 10.5 Å². The third-order valence-corrected chi connectivity index (χ3v) is 5.41.